The number of fused-ring (bicyclic) bond motifs is 1. The monoisotopic (exact) mass is 577 g/mol. The lowest BCUT2D eigenvalue weighted by atomic mass is 9.92. The summed E-state index contributed by atoms with van der Waals surface area (Å²) >= 11 is 12.1. The van der Waals surface area contributed by atoms with Crippen molar-refractivity contribution < 1.29 is 23.1 Å². The number of piperidine rings is 1. The Balaban J connectivity index is 1.53. The third kappa shape index (κ3) is 5.68. The number of anilines is 2. The summed E-state index contributed by atoms with van der Waals surface area (Å²) in [6.45, 7) is 0.944. The van der Waals surface area contributed by atoms with Crippen LogP contribution in [0.1, 0.15) is 18.5 Å². The number of nitrogens with zero attached hydrogens (tertiary/aromatic N) is 5. The number of carboxylic acid groups (broad SMARTS) is 1. The van der Waals surface area contributed by atoms with Gasteiger partial charge in [0.25, 0.3) is 0 Å². The predicted octanol–water partition coefficient (Wildman–Crippen LogP) is 6.38. The minimum absolute atomic E-state index is 0.0974. The highest BCUT2D eigenvalue weighted by Gasteiger charge is 2.31. The maximum atomic E-state index is 14.7. The number of benzene rings is 2. The van der Waals surface area contributed by atoms with Crippen LogP contribution in [0.4, 0.5) is 24.7 Å². The van der Waals surface area contributed by atoms with E-state index in [0.717, 1.165) is 12.1 Å². The quantitative estimate of drug-likeness (QED) is 0.257. The number of carbonyl (C=O) groups is 1. The molecule has 1 fully saturated rings. The number of halogens is 5. The average Bonchev–Trinajstić information content (AvgIpc) is 3.30. The molecule has 1 aliphatic heterocycles. The first-order chi connectivity index (χ1) is 18.6. The van der Waals surface area contributed by atoms with Gasteiger partial charge in [0.05, 0.1) is 28.5 Å². The molecule has 0 amide bonds. The number of rotatable bonds is 7. The maximum Gasteiger partial charge on any atom is 0.303 e. The number of aliphatic carboxylic acids is 1. The van der Waals surface area contributed by atoms with Crippen LogP contribution >= 0.6 is 23.2 Å². The van der Waals surface area contributed by atoms with Crippen LogP contribution in [0.5, 0.6) is 0 Å². The molecule has 0 radical (unpaired) electrons. The first-order valence-corrected chi connectivity index (χ1v) is 13.0. The van der Waals surface area contributed by atoms with Crippen LogP contribution in [0.2, 0.25) is 10.0 Å². The molecule has 2 aromatic heterocycles. The summed E-state index contributed by atoms with van der Waals surface area (Å²) in [6.07, 6.45) is -1.02. The summed E-state index contributed by atoms with van der Waals surface area (Å²) in [5, 5.41) is 13.6. The molecular weight excluding hydrogens is 554 g/mol. The molecule has 5 rings (SSSR count). The van der Waals surface area contributed by atoms with Crippen molar-refractivity contribution in [1.82, 2.24) is 19.5 Å². The topological polar surface area (TPSA) is 74.0 Å². The molecule has 0 unspecified atom stereocenters. The van der Waals surface area contributed by atoms with E-state index in [-0.39, 0.29) is 24.2 Å². The number of likely N-dealkylation sites (tertiary alicyclic amines) is 1. The Morgan fingerprint density at radius 3 is 2.54 bits per heavy atom. The molecule has 7 nitrogen and oxygen atoms in total. The van der Waals surface area contributed by atoms with Gasteiger partial charge in [0, 0.05) is 43.8 Å². The highest BCUT2D eigenvalue weighted by Crippen LogP contribution is 2.34. The lowest BCUT2D eigenvalue weighted by Crippen LogP contribution is -2.42. The van der Waals surface area contributed by atoms with Crippen LogP contribution in [0.3, 0.4) is 0 Å². The predicted molar refractivity (Wildman–Crippen MR) is 143 cm³/mol. The van der Waals surface area contributed by atoms with Crippen molar-refractivity contribution in [3.05, 3.63) is 75.9 Å². The Bertz CT molecular complexity index is 1530. The number of alkyl halides is 1. The van der Waals surface area contributed by atoms with Gasteiger partial charge in [0.1, 0.15) is 28.6 Å². The minimum Gasteiger partial charge on any atom is -0.481 e. The molecule has 2 aromatic carbocycles. The normalized spacial score (nSPS) is 18.0. The highest BCUT2D eigenvalue weighted by molar-refractivity contribution is 6.33. The van der Waals surface area contributed by atoms with Crippen LogP contribution in [0.15, 0.2) is 48.5 Å². The minimum atomic E-state index is -1.26. The second-order valence-electron chi connectivity index (χ2n) is 9.57. The van der Waals surface area contributed by atoms with Crippen LogP contribution in [0.25, 0.3) is 16.9 Å². The van der Waals surface area contributed by atoms with Gasteiger partial charge in [-0.05, 0) is 37.2 Å². The Hall–Kier alpha value is -3.34. The summed E-state index contributed by atoms with van der Waals surface area (Å²) in [5.41, 5.74) is 2.16. The summed E-state index contributed by atoms with van der Waals surface area (Å²) in [5.74, 6) is -2.81. The molecule has 39 heavy (non-hydrogen) atoms. The van der Waals surface area contributed by atoms with Crippen molar-refractivity contribution >= 4 is 46.3 Å². The second kappa shape index (κ2) is 11.0. The van der Waals surface area contributed by atoms with Gasteiger partial charge >= 0.3 is 5.97 Å². The van der Waals surface area contributed by atoms with E-state index in [2.05, 4.69) is 4.98 Å². The Morgan fingerprint density at radius 1 is 1.15 bits per heavy atom. The van der Waals surface area contributed by atoms with Crippen molar-refractivity contribution in [2.24, 2.45) is 5.92 Å². The van der Waals surface area contributed by atoms with Crippen LogP contribution in [-0.4, -0.2) is 56.9 Å². The van der Waals surface area contributed by atoms with Crippen molar-refractivity contribution in [2.45, 2.75) is 25.6 Å². The molecule has 12 heteroatoms. The highest BCUT2D eigenvalue weighted by atomic mass is 35.5. The number of carboxylic acids is 1. The number of hydrogen-bond acceptors (Lipinski definition) is 5. The van der Waals surface area contributed by atoms with Crippen LogP contribution in [0, 0.1) is 17.6 Å². The zero-order valence-electron chi connectivity index (χ0n) is 20.8. The van der Waals surface area contributed by atoms with E-state index in [1.807, 2.05) is 17.0 Å². The summed E-state index contributed by atoms with van der Waals surface area (Å²) in [4.78, 5) is 19.3. The number of aromatic nitrogens is 3. The number of hydrogen-bond donors (Lipinski definition) is 1. The first-order valence-electron chi connectivity index (χ1n) is 12.2. The van der Waals surface area contributed by atoms with Crippen molar-refractivity contribution in [1.29, 1.82) is 0 Å². The standard InChI is InChI=1S/C27H24Cl2F3N5O2/c1-35(23-5-3-2-4-18(23)28)25-12-22(16-8-19(30)27(29)20(31)9-16)33-24-11-17(34-37(24)25)13-36-7-6-15(10-26(38)39)21(32)14-36/h2-5,8-9,11-12,15,21H,6-7,10,13-14H2,1H3,(H,38,39)/t15-,21-/m0/s1. The largest absolute Gasteiger partial charge is 0.481 e. The fraction of sp³-hybridized carbons (Fsp3) is 0.296. The van der Waals surface area contributed by atoms with Gasteiger partial charge in [-0.15, -0.1) is 0 Å². The molecule has 2 atom stereocenters. The van der Waals surface area contributed by atoms with E-state index >= 15 is 0 Å². The van der Waals surface area contributed by atoms with Crippen molar-refractivity contribution in [3.63, 3.8) is 0 Å². The molecule has 204 valence electrons. The van der Waals surface area contributed by atoms with Crippen LogP contribution in [-0.2, 0) is 11.3 Å². The molecule has 1 saturated heterocycles. The van der Waals surface area contributed by atoms with E-state index < -0.39 is 34.7 Å². The molecule has 0 bridgehead atoms. The summed E-state index contributed by atoms with van der Waals surface area (Å²) in [7, 11) is 1.78. The molecule has 0 spiro atoms. The third-order valence-electron chi connectivity index (χ3n) is 6.88. The van der Waals surface area contributed by atoms with Gasteiger partial charge in [-0.1, -0.05) is 35.3 Å². The van der Waals surface area contributed by atoms with Gasteiger partial charge in [0.15, 0.2) is 5.65 Å². The average molecular weight is 578 g/mol. The van der Waals surface area contributed by atoms with Crippen molar-refractivity contribution in [3.8, 4) is 11.3 Å². The molecule has 3 heterocycles. The smallest absolute Gasteiger partial charge is 0.303 e. The molecule has 0 aliphatic carbocycles. The molecule has 0 saturated carbocycles. The van der Waals surface area contributed by atoms with Gasteiger partial charge in [0.2, 0.25) is 0 Å². The van der Waals surface area contributed by atoms with Gasteiger partial charge < -0.3 is 10.0 Å². The van der Waals surface area contributed by atoms with Gasteiger partial charge in [-0.2, -0.15) is 9.61 Å². The summed E-state index contributed by atoms with van der Waals surface area (Å²) in [6, 6.07) is 12.8. The van der Waals surface area contributed by atoms with E-state index in [1.165, 1.54) is 0 Å². The van der Waals surface area contributed by atoms with Gasteiger partial charge in [-0.25, -0.2) is 18.2 Å². The SMILES string of the molecule is CN(c1ccccc1Cl)c1cc(-c2cc(F)c(Cl)c(F)c2)nc2cc(CN3CC[C@@H](CC(=O)O)[C@@H](F)C3)nn12. The Morgan fingerprint density at radius 2 is 1.87 bits per heavy atom. The molecule has 1 aliphatic rings. The molecule has 1 N–H and O–H groups in total. The van der Waals surface area contributed by atoms with Gasteiger partial charge in [-0.3, -0.25) is 9.69 Å². The van der Waals surface area contributed by atoms with E-state index in [4.69, 9.17) is 33.4 Å². The third-order valence-corrected chi connectivity index (χ3v) is 7.56. The van der Waals surface area contributed by atoms with Crippen molar-refractivity contribution in [2.75, 3.05) is 25.0 Å². The summed E-state index contributed by atoms with van der Waals surface area (Å²) < 4.78 is 44.8. The lowest BCUT2D eigenvalue weighted by molar-refractivity contribution is -0.139. The van der Waals surface area contributed by atoms with E-state index in [9.17, 15) is 18.0 Å². The lowest BCUT2D eigenvalue weighted by Gasteiger charge is -2.33. The van der Waals surface area contributed by atoms with E-state index in [0.29, 0.717) is 47.4 Å². The first kappa shape index (κ1) is 27.2. The second-order valence-corrected chi connectivity index (χ2v) is 10.4. The Labute approximate surface area is 232 Å². The zero-order chi connectivity index (χ0) is 27.8. The van der Waals surface area contributed by atoms with E-state index in [1.54, 1.807) is 40.7 Å². The molecular formula is C27H24Cl2F3N5O2. The molecule has 4 aromatic rings. The number of para-hydroxylation sites is 1. The maximum absolute atomic E-state index is 14.7. The Kier molecular flexibility index (Phi) is 7.70. The fourth-order valence-corrected chi connectivity index (χ4v) is 5.24. The zero-order valence-corrected chi connectivity index (χ0v) is 22.3. The van der Waals surface area contributed by atoms with Crippen LogP contribution < -0.4 is 4.90 Å². The fourth-order valence-electron chi connectivity index (χ4n) is 4.86.